The van der Waals surface area contributed by atoms with E-state index in [9.17, 15) is 4.79 Å². The van der Waals surface area contributed by atoms with Gasteiger partial charge in [0.25, 0.3) is 0 Å². The van der Waals surface area contributed by atoms with Crippen LogP contribution in [0.1, 0.15) is 47.7 Å². The Morgan fingerprint density at radius 3 is 2.56 bits per heavy atom. The maximum absolute atomic E-state index is 12.4. The standard InChI is InChI=1S/C15H20O/c1-10-7-8-14(12(3)9-10)15(16)13-6-4-5-11(13)2/h7-9,11,13H,4-6H2,1-3H3. The highest BCUT2D eigenvalue weighted by Crippen LogP contribution is 2.34. The number of carbonyl (C=O) groups excluding carboxylic acids is 1. The lowest BCUT2D eigenvalue weighted by atomic mass is 9.87. The summed E-state index contributed by atoms with van der Waals surface area (Å²) in [4.78, 5) is 12.4. The summed E-state index contributed by atoms with van der Waals surface area (Å²) in [7, 11) is 0. The van der Waals surface area contributed by atoms with Gasteiger partial charge in [-0.2, -0.15) is 0 Å². The maximum Gasteiger partial charge on any atom is 0.166 e. The van der Waals surface area contributed by atoms with Gasteiger partial charge in [0, 0.05) is 11.5 Å². The van der Waals surface area contributed by atoms with Gasteiger partial charge in [0.05, 0.1) is 0 Å². The molecule has 0 aromatic heterocycles. The number of ketones is 1. The predicted molar refractivity (Wildman–Crippen MR) is 66.8 cm³/mol. The number of aryl methyl sites for hydroxylation is 2. The van der Waals surface area contributed by atoms with E-state index >= 15 is 0 Å². The predicted octanol–water partition coefficient (Wildman–Crippen LogP) is 3.92. The summed E-state index contributed by atoms with van der Waals surface area (Å²) in [6.07, 6.45) is 3.50. The van der Waals surface area contributed by atoms with E-state index in [1.807, 2.05) is 19.1 Å². The summed E-state index contributed by atoms with van der Waals surface area (Å²) in [6, 6.07) is 6.14. The molecule has 1 saturated carbocycles. The van der Waals surface area contributed by atoms with Crippen LogP contribution >= 0.6 is 0 Å². The number of hydrogen-bond donors (Lipinski definition) is 0. The van der Waals surface area contributed by atoms with Crippen LogP contribution in [0.5, 0.6) is 0 Å². The third-order valence-electron chi connectivity index (χ3n) is 3.85. The average molecular weight is 216 g/mol. The van der Waals surface area contributed by atoms with Crippen molar-refractivity contribution >= 4 is 5.78 Å². The van der Waals surface area contributed by atoms with E-state index in [0.29, 0.717) is 11.7 Å². The Bertz CT molecular complexity index is 406. The highest BCUT2D eigenvalue weighted by atomic mass is 16.1. The normalized spacial score (nSPS) is 24.7. The minimum absolute atomic E-state index is 0.265. The van der Waals surface area contributed by atoms with E-state index in [1.54, 1.807) is 0 Å². The lowest BCUT2D eigenvalue weighted by Crippen LogP contribution is -2.18. The molecular formula is C15H20O. The zero-order valence-electron chi connectivity index (χ0n) is 10.4. The van der Waals surface area contributed by atoms with Crippen molar-refractivity contribution in [2.45, 2.75) is 40.0 Å². The van der Waals surface area contributed by atoms with E-state index in [2.05, 4.69) is 19.9 Å². The van der Waals surface area contributed by atoms with Gasteiger partial charge >= 0.3 is 0 Å². The summed E-state index contributed by atoms with van der Waals surface area (Å²) in [5.41, 5.74) is 3.29. The van der Waals surface area contributed by atoms with Gasteiger partial charge in [-0.05, 0) is 38.2 Å². The van der Waals surface area contributed by atoms with Crippen molar-refractivity contribution in [2.24, 2.45) is 11.8 Å². The molecule has 0 heterocycles. The van der Waals surface area contributed by atoms with Crippen LogP contribution < -0.4 is 0 Å². The summed E-state index contributed by atoms with van der Waals surface area (Å²) < 4.78 is 0. The molecule has 0 radical (unpaired) electrons. The maximum atomic E-state index is 12.4. The number of carbonyl (C=O) groups is 1. The molecule has 1 aliphatic carbocycles. The molecule has 0 saturated heterocycles. The van der Waals surface area contributed by atoms with E-state index in [4.69, 9.17) is 0 Å². The van der Waals surface area contributed by atoms with Crippen LogP contribution in [0.25, 0.3) is 0 Å². The van der Waals surface area contributed by atoms with Crippen molar-refractivity contribution in [1.82, 2.24) is 0 Å². The molecule has 1 aromatic rings. The first-order chi connectivity index (χ1) is 7.59. The van der Waals surface area contributed by atoms with Gasteiger partial charge in [-0.1, -0.05) is 37.1 Å². The molecule has 16 heavy (non-hydrogen) atoms. The number of Topliss-reactive ketones (excluding diaryl/α,β-unsaturated/α-hetero) is 1. The molecule has 1 aliphatic rings. The third-order valence-corrected chi connectivity index (χ3v) is 3.85. The first-order valence-corrected chi connectivity index (χ1v) is 6.21. The van der Waals surface area contributed by atoms with E-state index in [-0.39, 0.29) is 5.92 Å². The average Bonchev–Trinajstić information content (AvgIpc) is 2.63. The molecule has 2 unspecified atom stereocenters. The lowest BCUT2D eigenvalue weighted by molar-refractivity contribution is 0.0896. The Hall–Kier alpha value is -1.11. The van der Waals surface area contributed by atoms with Gasteiger partial charge in [0.2, 0.25) is 0 Å². The van der Waals surface area contributed by atoms with Crippen molar-refractivity contribution in [3.05, 3.63) is 34.9 Å². The Balaban J connectivity index is 2.27. The van der Waals surface area contributed by atoms with Crippen LogP contribution in [-0.4, -0.2) is 5.78 Å². The van der Waals surface area contributed by atoms with Gasteiger partial charge in [-0.25, -0.2) is 0 Å². The summed E-state index contributed by atoms with van der Waals surface area (Å²) >= 11 is 0. The van der Waals surface area contributed by atoms with Crippen LogP contribution in [0.4, 0.5) is 0 Å². The molecule has 0 N–H and O–H groups in total. The van der Waals surface area contributed by atoms with Crippen molar-refractivity contribution in [2.75, 3.05) is 0 Å². The summed E-state index contributed by atoms with van der Waals surface area (Å²) in [5, 5.41) is 0. The van der Waals surface area contributed by atoms with Crippen molar-refractivity contribution in [3.8, 4) is 0 Å². The van der Waals surface area contributed by atoms with Crippen LogP contribution in [0.2, 0.25) is 0 Å². The second kappa shape index (κ2) is 4.40. The Morgan fingerprint density at radius 1 is 1.25 bits per heavy atom. The molecule has 1 aromatic carbocycles. The van der Waals surface area contributed by atoms with E-state index in [1.165, 1.54) is 18.4 Å². The Labute approximate surface area is 97.9 Å². The monoisotopic (exact) mass is 216 g/mol. The summed E-state index contributed by atoms with van der Waals surface area (Å²) in [5.74, 6) is 1.19. The Kier molecular flexibility index (Phi) is 3.13. The molecular weight excluding hydrogens is 196 g/mol. The largest absolute Gasteiger partial charge is 0.294 e. The lowest BCUT2D eigenvalue weighted by Gasteiger charge is -2.15. The minimum Gasteiger partial charge on any atom is -0.294 e. The first kappa shape index (κ1) is 11.4. The third kappa shape index (κ3) is 2.04. The van der Waals surface area contributed by atoms with E-state index < -0.39 is 0 Å². The molecule has 0 bridgehead atoms. The van der Waals surface area contributed by atoms with E-state index in [0.717, 1.165) is 17.5 Å². The fourth-order valence-electron chi connectivity index (χ4n) is 2.82. The zero-order valence-corrected chi connectivity index (χ0v) is 10.4. The number of rotatable bonds is 2. The number of benzene rings is 1. The van der Waals surface area contributed by atoms with Crippen LogP contribution in [0.3, 0.4) is 0 Å². The molecule has 1 heteroatoms. The van der Waals surface area contributed by atoms with Crippen LogP contribution in [0.15, 0.2) is 18.2 Å². The fraction of sp³-hybridized carbons (Fsp3) is 0.533. The quantitative estimate of drug-likeness (QED) is 0.685. The molecule has 0 amide bonds. The van der Waals surface area contributed by atoms with Gasteiger partial charge in [-0.15, -0.1) is 0 Å². The fourth-order valence-corrected chi connectivity index (χ4v) is 2.82. The van der Waals surface area contributed by atoms with Crippen molar-refractivity contribution in [3.63, 3.8) is 0 Å². The van der Waals surface area contributed by atoms with Crippen LogP contribution in [0, 0.1) is 25.7 Å². The molecule has 0 aliphatic heterocycles. The second-order valence-electron chi connectivity index (χ2n) is 5.20. The zero-order chi connectivity index (χ0) is 11.7. The van der Waals surface area contributed by atoms with Crippen molar-refractivity contribution in [1.29, 1.82) is 0 Å². The van der Waals surface area contributed by atoms with Gasteiger partial charge in [-0.3, -0.25) is 4.79 Å². The second-order valence-corrected chi connectivity index (χ2v) is 5.20. The van der Waals surface area contributed by atoms with Gasteiger partial charge in [0.15, 0.2) is 5.78 Å². The Morgan fingerprint density at radius 2 is 2.00 bits per heavy atom. The molecule has 2 rings (SSSR count). The molecule has 1 fully saturated rings. The summed E-state index contributed by atoms with van der Waals surface area (Å²) in [6.45, 7) is 6.32. The first-order valence-electron chi connectivity index (χ1n) is 6.21. The highest BCUT2D eigenvalue weighted by molar-refractivity contribution is 5.99. The topological polar surface area (TPSA) is 17.1 Å². The minimum atomic E-state index is 0.265. The smallest absolute Gasteiger partial charge is 0.166 e. The number of hydrogen-bond acceptors (Lipinski definition) is 1. The van der Waals surface area contributed by atoms with Gasteiger partial charge < -0.3 is 0 Å². The molecule has 1 nitrogen and oxygen atoms in total. The molecule has 86 valence electrons. The van der Waals surface area contributed by atoms with Crippen molar-refractivity contribution < 1.29 is 4.79 Å². The SMILES string of the molecule is Cc1ccc(C(=O)C2CCCC2C)c(C)c1. The molecule has 0 spiro atoms. The molecule has 2 atom stereocenters. The highest BCUT2D eigenvalue weighted by Gasteiger charge is 2.30. The van der Waals surface area contributed by atoms with Crippen LogP contribution in [-0.2, 0) is 0 Å². The van der Waals surface area contributed by atoms with Gasteiger partial charge in [0.1, 0.15) is 0 Å².